The zero-order chi connectivity index (χ0) is 9.07. The summed E-state index contributed by atoms with van der Waals surface area (Å²) < 4.78 is 25.0. The molecular weight excluding hydrogens is 168 g/mol. The minimum atomic E-state index is -3.63. The molecule has 0 aromatic carbocycles. The standard InChI is InChI=1S/C6H12O4S/c1-4-5(2)6(7)10-11(3,8)9/h5H,4H2,1-3H3. The lowest BCUT2D eigenvalue weighted by Gasteiger charge is -2.05. The van der Waals surface area contributed by atoms with Crippen molar-refractivity contribution in [1.29, 1.82) is 0 Å². The van der Waals surface area contributed by atoms with Gasteiger partial charge in [-0.3, -0.25) is 4.79 Å². The van der Waals surface area contributed by atoms with E-state index in [0.717, 1.165) is 6.26 Å². The fourth-order valence-electron chi connectivity index (χ4n) is 0.398. The maximum Gasteiger partial charge on any atom is 0.324 e. The van der Waals surface area contributed by atoms with Crippen LogP contribution in [0.25, 0.3) is 0 Å². The van der Waals surface area contributed by atoms with Crippen LogP contribution in [0.4, 0.5) is 0 Å². The fraction of sp³-hybridized carbons (Fsp3) is 0.833. The lowest BCUT2D eigenvalue weighted by atomic mass is 10.1. The van der Waals surface area contributed by atoms with Crippen LogP contribution in [0.2, 0.25) is 0 Å². The van der Waals surface area contributed by atoms with E-state index in [4.69, 9.17) is 0 Å². The minimum absolute atomic E-state index is 0.357. The summed E-state index contributed by atoms with van der Waals surface area (Å²) in [6.45, 7) is 3.40. The van der Waals surface area contributed by atoms with E-state index < -0.39 is 16.1 Å². The van der Waals surface area contributed by atoms with E-state index in [1.54, 1.807) is 13.8 Å². The summed E-state index contributed by atoms with van der Waals surface area (Å²) in [4.78, 5) is 10.8. The first-order chi connectivity index (χ1) is 4.87. The van der Waals surface area contributed by atoms with Crippen molar-refractivity contribution in [2.45, 2.75) is 20.3 Å². The Hall–Kier alpha value is -0.580. The van der Waals surface area contributed by atoms with Crippen LogP contribution in [-0.4, -0.2) is 20.6 Å². The summed E-state index contributed by atoms with van der Waals surface area (Å²) in [5.74, 6) is -1.04. The van der Waals surface area contributed by atoms with Gasteiger partial charge in [-0.2, -0.15) is 8.42 Å². The third-order valence-corrected chi connectivity index (χ3v) is 1.72. The molecule has 0 fully saturated rings. The average molecular weight is 180 g/mol. The first-order valence-corrected chi connectivity index (χ1v) is 5.11. The first-order valence-electron chi connectivity index (χ1n) is 3.30. The van der Waals surface area contributed by atoms with Crippen molar-refractivity contribution in [2.24, 2.45) is 5.92 Å². The Bertz CT molecular complexity index is 229. The van der Waals surface area contributed by atoms with Gasteiger partial charge in [0.1, 0.15) is 0 Å². The molecule has 0 rings (SSSR count). The molecule has 1 unspecified atom stereocenters. The molecule has 0 saturated heterocycles. The van der Waals surface area contributed by atoms with Crippen molar-refractivity contribution in [3.05, 3.63) is 0 Å². The summed E-state index contributed by atoms with van der Waals surface area (Å²) in [6.07, 6.45) is 1.43. The highest BCUT2D eigenvalue weighted by Gasteiger charge is 2.16. The van der Waals surface area contributed by atoms with Gasteiger partial charge in [-0.15, -0.1) is 0 Å². The molecule has 66 valence electrons. The smallest absolute Gasteiger partial charge is 0.324 e. The van der Waals surface area contributed by atoms with Gasteiger partial charge in [-0.05, 0) is 6.42 Å². The van der Waals surface area contributed by atoms with E-state index in [1.807, 2.05) is 0 Å². The Morgan fingerprint density at radius 1 is 1.55 bits per heavy atom. The molecule has 4 nitrogen and oxygen atoms in total. The highest BCUT2D eigenvalue weighted by Crippen LogP contribution is 2.04. The van der Waals surface area contributed by atoms with Gasteiger partial charge in [0.15, 0.2) is 0 Å². The summed E-state index contributed by atoms with van der Waals surface area (Å²) >= 11 is 0. The zero-order valence-corrected chi connectivity index (χ0v) is 7.64. The number of carbonyl (C=O) groups excluding carboxylic acids is 1. The Kier molecular flexibility index (Phi) is 3.51. The molecule has 0 N–H and O–H groups in total. The van der Waals surface area contributed by atoms with Gasteiger partial charge < -0.3 is 4.18 Å². The van der Waals surface area contributed by atoms with Gasteiger partial charge in [-0.1, -0.05) is 13.8 Å². The highest BCUT2D eigenvalue weighted by molar-refractivity contribution is 7.86. The van der Waals surface area contributed by atoms with Gasteiger partial charge in [0.05, 0.1) is 12.2 Å². The van der Waals surface area contributed by atoms with Gasteiger partial charge in [0, 0.05) is 0 Å². The van der Waals surface area contributed by atoms with Crippen LogP contribution in [-0.2, 0) is 19.1 Å². The van der Waals surface area contributed by atoms with Crippen LogP contribution in [0.3, 0.4) is 0 Å². The van der Waals surface area contributed by atoms with Crippen LogP contribution in [0, 0.1) is 5.92 Å². The molecule has 0 saturated carbocycles. The molecule has 0 aromatic heterocycles. The van der Waals surface area contributed by atoms with Crippen LogP contribution in [0.15, 0.2) is 0 Å². The summed E-state index contributed by atoms with van der Waals surface area (Å²) in [6, 6.07) is 0. The summed E-state index contributed by atoms with van der Waals surface area (Å²) in [7, 11) is -3.63. The lowest BCUT2D eigenvalue weighted by molar-refractivity contribution is -0.137. The molecule has 0 aliphatic heterocycles. The maximum absolute atomic E-state index is 10.8. The summed E-state index contributed by atoms with van der Waals surface area (Å²) in [5, 5.41) is 0. The van der Waals surface area contributed by atoms with Gasteiger partial charge in [0.25, 0.3) is 0 Å². The molecule has 0 radical (unpaired) electrons. The molecule has 1 atom stereocenters. The Morgan fingerprint density at radius 2 is 2.00 bits per heavy atom. The van der Waals surface area contributed by atoms with Crippen molar-refractivity contribution < 1.29 is 17.4 Å². The second kappa shape index (κ2) is 3.71. The predicted molar refractivity (Wildman–Crippen MR) is 40.4 cm³/mol. The molecule has 0 aromatic rings. The third kappa shape index (κ3) is 4.78. The number of rotatable bonds is 3. The topological polar surface area (TPSA) is 60.4 Å². The molecule has 0 aliphatic rings. The van der Waals surface area contributed by atoms with Crippen LogP contribution in [0.1, 0.15) is 20.3 Å². The van der Waals surface area contributed by atoms with Crippen LogP contribution < -0.4 is 0 Å². The second-order valence-corrected chi connectivity index (χ2v) is 3.99. The van der Waals surface area contributed by atoms with Crippen molar-refractivity contribution in [3.8, 4) is 0 Å². The predicted octanol–water partition coefficient (Wildman–Crippen LogP) is 0.535. The van der Waals surface area contributed by atoms with E-state index in [9.17, 15) is 13.2 Å². The van der Waals surface area contributed by atoms with Gasteiger partial charge in [-0.25, -0.2) is 0 Å². The Labute approximate surface area is 66.7 Å². The largest absolute Gasteiger partial charge is 0.346 e. The molecule has 0 spiro atoms. The van der Waals surface area contributed by atoms with Gasteiger partial charge in [0.2, 0.25) is 0 Å². The molecular formula is C6H12O4S. The normalized spacial score (nSPS) is 14.1. The second-order valence-electron chi connectivity index (χ2n) is 2.42. The quantitative estimate of drug-likeness (QED) is 0.594. The van der Waals surface area contributed by atoms with E-state index in [0.29, 0.717) is 6.42 Å². The van der Waals surface area contributed by atoms with E-state index >= 15 is 0 Å². The minimum Gasteiger partial charge on any atom is -0.346 e. The molecule has 5 heteroatoms. The fourth-order valence-corrected chi connectivity index (χ4v) is 0.861. The average Bonchev–Trinajstić information content (AvgIpc) is 1.82. The zero-order valence-electron chi connectivity index (χ0n) is 6.83. The van der Waals surface area contributed by atoms with Gasteiger partial charge >= 0.3 is 16.1 Å². The number of hydrogen-bond donors (Lipinski definition) is 0. The Morgan fingerprint density at radius 3 is 2.27 bits per heavy atom. The molecule has 0 amide bonds. The lowest BCUT2D eigenvalue weighted by Crippen LogP contribution is -2.17. The molecule has 0 aliphatic carbocycles. The van der Waals surface area contributed by atoms with Crippen molar-refractivity contribution >= 4 is 16.1 Å². The van der Waals surface area contributed by atoms with E-state index in [2.05, 4.69) is 4.18 Å². The van der Waals surface area contributed by atoms with Crippen molar-refractivity contribution in [2.75, 3.05) is 6.26 Å². The number of hydrogen-bond acceptors (Lipinski definition) is 4. The van der Waals surface area contributed by atoms with Crippen LogP contribution in [0.5, 0.6) is 0 Å². The van der Waals surface area contributed by atoms with E-state index in [-0.39, 0.29) is 5.92 Å². The molecule has 11 heavy (non-hydrogen) atoms. The summed E-state index contributed by atoms with van der Waals surface area (Å²) in [5.41, 5.74) is 0. The molecule has 0 bridgehead atoms. The molecule has 0 heterocycles. The van der Waals surface area contributed by atoms with Crippen molar-refractivity contribution in [1.82, 2.24) is 0 Å². The SMILES string of the molecule is CCC(C)C(=O)OS(C)(=O)=O. The maximum atomic E-state index is 10.8. The Balaban J connectivity index is 4.10. The highest BCUT2D eigenvalue weighted by atomic mass is 32.2. The van der Waals surface area contributed by atoms with Crippen LogP contribution >= 0.6 is 0 Å². The van der Waals surface area contributed by atoms with E-state index in [1.165, 1.54) is 0 Å². The van der Waals surface area contributed by atoms with Crippen molar-refractivity contribution in [3.63, 3.8) is 0 Å². The third-order valence-electron chi connectivity index (χ3n) is 1.25. The monoisotopic (exact) mass is 180 g/mol. The first kappa shape index (κ1) is 10.4. The number of carbonyl (C=O) groups is 1.